The largest absolute Gasteiger partial charge is 0.240 e. The summed E-state index contributed by atoms with van der Waals surface area (Å²) in [6.07, 6.45) is 0. The average molecular weight is 434 g/mol. The second-order valence-electron chi connectivity index (χ2n) is 6.95. The molecule has 0 saturated heterocycles. The van der Waals surface area contributed by atoms with E-state index in [9.17, 15) is 17.6 Å². The van der Waals surface area contributed by atoms with Gasteiger partial charge in [0.1, 0.15) is 33.3 Å². The number of thiazole rings is 2. The van der Waals surface area contributed by atoms with Crippen molar-refractivity contribution in [3.8, 4) is 21.1 Å². The Morgan fingerprint density at radius 1 is 0.690 bits per heavy atom. The zero-order chi connectivity index (χ0) is 20.8. The molecule has 0 N–H and O–H groups in total. The molecule has 2 aromatic carbocycles. The summed E-state index contributed by atoms with van der Waals surface area (Å²) >= 11 is 2.50. The Morgan fingerprint density at radius 2 is 1.10 bits per heavy atom. The molecule has 0 aliphatic carbocycles. The molecular formula is C21H14F4N2S2. The summed E-state index contributed by atoms with van der Waals surface area (Å²) in [5.41, 5.74) is 1.16. The van der Waals surface area contributed by atoms with Gasteiger partial charge >= 0.3 is 0 Å². The van der Waals surface area contributed by atoms with Crippen molar-refractivity contribution in [2.45, 2.75) is 19.3 Å². The Bertz CT molecular complexity index is 1110. The number of nitrogens with zero attached hydrogens (tertiary/aromatic N) is 2. The third-order valence-electron chi connectivity index (χ3n) is 4.61. The standard InChI is InChI=1S/C21H14F4N2S2/c1-21(2,17-9-28-19(26-17)13-5-3-11(22)7-15(13)24)18-10-29-20(27-18)14-6-4-12(23)8-16(14)25/h3-10H,1-2H3. The second kappa shape index (κ2) is 7.35. The average Bonchev–Trinajstić information content (AvgIpc) is 3.32. The summed E-state index contributed by atoms with van der Waals surface area (Å²) in [7, 11) is 0. The Labute approximate surface area is 172 Å². The predicted octanol–water partition coefficient (Wildman–Crippen LogP) is 6.82. The summed E-state index contributed by atoms with van der Waals surface area (Å²) in [6, 6.07) is 6.75. The van der Waals surface area contributed by atoms with Crippen LogP contribution in [0.1, 0.15) is 25.2 Å². The lowest BCUT2D eigenvalue weighted by Crippen LogP contribution is -2.20. The van der Waals surface area contributed by atoms with E-state index in [2.05, 4.69) is 9.97 Å². The minimum absolute atomic E-state index is 0.228. The van der Waals surface area contributed by atoms with Crippen molar-refractivity contribution in [2.75, 3.05) is 0 Å². The van der Waals surface area contributed by atoms with Gasteiger partial charge in [-0.3, -0.25) is 0 Å². The van der Waals surface area contributed by atoms with Crippen molar-refractivity contribution in [1.82, 2.24) is 9.97 Å². The number of benzene rings is 2. The van der Waals surface area contributed by atoms with Crippen LogP contribution >= 0.6 is 22.7 Å². The first-order chi connectivity index (χ1) is 13.8. The van der Waals surface area contributed by atoms with Crippen LogP contribution < -0.4 is 0 Å². The van der Waals surface area contributed by atoms with Gasteiger partial charge < -0.3 is 0 Å². The van der Waals surface area contributed by atoms with Crippen molar-refractivity contribution in [3.05, 3.63) is 81.8 Å². The van der Waals surface area contributed by atoms with Crippen LogP contribution in [0.4, 0.5) is 17.6 Å². The fraction of sp³-hybridized carbons (Fsp3) is 0.143. The molecule has 0 aliphatic heterocycles. The van der Waals surface area contributed by atoms with E-state index >= 15 is 0 Å². The van der Waals surface area contributed by atoms with Crippen LogP contribution in [0.3, 0.4) is 0 Å². The van der Waals surface area contributed by atoms with Crippen LogP contribution in [-0.2, 0) is 5.41 Å². The number of rotatable bonds is 4. The van der Waals surface area contributed by atoms with E-state index in [4.69, 9.17) is 0 Å². The van der Waals surface area contributed by atoms with E-state index in [1.807, 2.05) is 13.8 Å². The Hall–Kier alpha value is -2.58. The summed E-state index contributed by atoms with van der Waals surface area (Å²) in [5.74, 6) is -2.64. The first-order valence-corrected chi connectivity index (χ1v) is 10.3. The Morgan fingerprint density at radius 3 is 1.48 bits per heavy atom. The van der Waals surface area contributed by atoms with Gasteiger partial charge in [0.05, 0.1) is 16.8 Å². The van der Waals surface area contributed by atoms with Gasteiger partial charge in [0.2, 0.25) is 0 Å². The van der Waals surface area contributed by atoms with Crippen LogP contribution in [0.25, 0.3) is 21.1 Å². The second-order valence-corrected chi connectivity index (χ2v) is 8.67. The summed E-state index contributed by atoms with van der Waals surface area (Å²) in [6.45, 7) is 3.82. The van der Waals surface area contributed by atoms with Crippen LogP contribution in [0.15, 0.2) is 47.2 Å². The van der Waals surface area contributed by atoms with Gasteiger partial charge in [-0.15, -0.1) is 22.7 Å². The molecular weight excluding hydrogens is 420 g/mol. The molecule has 4 aromatic rings. The normalized spacial score (nSPS) is 11.8. The Balaban J connectivity index is 1.67. The van der Waals surface area contributed by atoms with E-state index in [-0.39, 0.29) is 11.1 Å². The number of hydrogen-bond donors (Lipinski definition) is 0. The Kier molecular flexibility index (Phi) is 5.00. The molecule has 0 aliphatic rings. The van der Waals surface area contributed by atoms with Gasteiger partial charge in [0.25, 0.3) is 0 Å². The van der Waals surface area contributed by atoms with Gasteiger partial charge in [-0.1, -0.05) is 0 Å². The zero-order valence-electron chi connectivity index (χ0n) is 15.3. The SMILES string of the molecule is CC(C)(c1csc(-c2ccc(F)cc2F)n1)c1csc(-c2ccc(F)cc2F)n1. The number of halogens is 4. The molecule has 2 aromatic heterocycles. The minimum Gasteiger partial charge on any atom is -0.240 e. The third-order valence-corrected chi connectivity index (χ3v) is 6.36. The van der Waals surface area contributed by atoms with Gasteiger partial charge in [0, 0.05) is 34.0 Å². The lowest BCUT2D eigenvalue weighted by Gasteiger charge is -2.19. The van der Waals surface area contributed by atoms with Gasteiger partial charge in [-0.05, 0) is 38.1 Å². The zero-order valence-corrected chi connectivity index (χ0v) is 17.0. The fourth-order valence-corrected chi connectivity index (χ4v) is 4.85. The van der Waals surface area contributed by atoms with Crippen LogP contribution in [0.2, 0.25) is 0 Å². The molecule has 0 radical (unpaired) electrons. The molecule has 8 heteroatoms. The minimum atomic E-state index is -0.675. The predicted molar refractivity (Wildman–Crippen MR) is 107 cm³/mol. The molecule has 0 fully saturated rings. The maximum atomic E-state index is 14.1. The molecule has 148 valence electrons. The van der Waals surface area contributed by atoms with E-state index < -0.39 is 28.7 Å². The summed E-state index contributed by atoms with van der Waals surface area (Å²) < 4.78 is 54.5. The van der Waals surface area contributed by atoms with Crippen LogP contribution in [0, 0.1) is 23.3 Å². The molecule has 2 heterocycles. The molecule has 0 amide bonds. The van der Waals surface area contributed by atoms with Gasteiger partial charge in [-0.2, -0.15) is 0 Å². The smallest absolute Gasteiger partial charge is 0.136 e. The maximum Gasteiger partial charge on any atom is 0.136 e. The van der Waals surface area contributed by atoms with Gasteiger partial charge in [-0.25, -0.2) is 27.5 Å². The molecule has 4 rings (SSSR count). The molecule has 29 heavy (non-hydrogen) atoms. The summed E-state index contributed by atoms with van der Waals surface area (Å²) in [4.78, 5) is 9.05. The first kappa shape index (κ1) is 19.7. The lowest BCUT2D eigenvalue weighted by atomic mass is 9.87. The number of hydrogen-bond acceptors (Lipinski definition) is 4. The molecule has 0 unspecified atom stereocenters. The topological polar surface area (TPSA) is 25.8 Å². The van der Waals surface area contributed by atoms with E-state index in [0.29, 0.717) is 21.4 Å². The molecule has 0 spiro atoms. The highest BCUT2D eigenvalue weighted by atomic mass is 32.1. The maximum absolute atomic E-state index is 14.1. The van der Waals surface area contributed by atoms with E-state index in [1.54, 1.807) is 10.8 Å². The highest BCUT2D eigenvalue weighted by Crippen LogP contribution is 2.38. The van der Waals surface area contributed by atoms with Crippen molar-refractivity contribution in [3.63, 3.8) is 0 Å². The highest BCUT2D eigenvalue weighted by Gasteiger charge is 2.30. The molecule has 2 nitrogen and oxygen atoms in total. The van der Waals surface area contributed by atoms with Crippen molar-refractivity contribution < 1.29 is 17.6 Å². The van der Waals surface area contributed by atoms with Gasteiger partial charge in [0.15, 0.2) is 0 Å². The third kappa shape index (κ3) is 3.70. The van der Waals surface area contributed by atoms with E-state index in [1.165, 1.54) is 46.9 Å². The van der Waals surface area contributed by atoms with Crippen LogP contribution in [-0.4, -0.2) is 9.97 Å². The molecule has 0 bridgehead atoms. The van der Waals surface area contributed by atoms with Crippen molar-refractivity contribution in [1.29, 1.82) is 0 Å². The van der Waals surface area contributed by atoms with Crippen molar-refractivity contribution >= 4 is 22.7 Å². The number of aromatic nitrogens is 2. The molecule has 0 atom stereocenters. The highest BCUT2D eigenvalue weighted by molar-refractivity contribution is 7.13. The van der Waals surface area contributed by atoms with Crippen LogP contribution in [0.5, 0.6) is 0 Å². The monoisotopic (exact) mass is 434 g/mol. The van der Waals surface area contributed by atoms with E-state index in [0.717, 1.165) is 12.1 Å². The van der Waals surface area contributed by atoms with Crippen molar-refractivity contribution in [2.24, 2.45) is 0 Å². The summed E-state index contributed by atoms with van der Waals surface area (Å²) in [5, 5.41) is 4.47. The molecule has 0 saturated carbocycles. The first-order valence-electron chi connectivity index (χ1n) is 8.58. The fourth-order valence-electron chi connectivity index (χ4n) is 2.83. The quantitative estimate of drug-likeness (QED) is 0.330. The lowest BCUT2D eigenvalue weighted by molar-refractivity contribution is 0.584.